The molecule has 8 heteroatoms. The van der Waals surface area contributed by atoms with Crippen LogP contribution in [0.4, 0.5) is 0 Å². The first kappa shape index (κ1) is 17.7. The maximum Gasteiger partial charge on any atom is 0.228 e. The molecule has 4 rings (SSSR count). The number of hydrogen-bond donors (Lipinski definition) is 3. The average Bonchev–Trinajstić information content (AvgIpc) is 3.12. The van der Waals surface area contributed by atoms with Crippen LogP contribution in [0.15, 0.2) is 46.9 Å². The van der Waals surface area contributed by atoms with Gasteiger partial charge in [-0.3, -0.25) is 0 Å². The van der Waals surface area contributed by atoms with Gasteiger partial charge >= 0.3 is 0 Å². The highest BCUT2D eigenvalue weighted by molar-refractivity contribution is 5.77. The van der Waals surface area contributed by atoms with Crippen molar-refractivity contribution >= 4 is 11.1 Å². The van der Waals surface area contributed by atoms with Crippen LogP contribution in [0.1, 0.15) is 0 Å². The molecule has 0 bridgehead atoms. The Morgan fingerprint density at radius 2 is 1.74 bits per heavy atom. The third kappa shape index (κ3) is 3.47. The fraction of sp³-hybridized carbons (Fsp3) is 0.316. The van der Waals surface area contributed by atoms with Crippen LogP contribution in [-0.4, -0.2) is 58.6 Å². The van der Waals surface area contributed by atoms with Crippen LogP contribution < -0.4 is 9.47 Å². The van der Waals surface area contributed by atoms with Crippen molar-refractivity contribution in [3.8, 4) is 23.0 Å². The molecule has 0 spiro atoms. The van der Waals surface area contributed by atoms with Crippen molar-refractivity contribution in [1.29, 1.82) is 0 Å². The number of rotatable bonds is 4. The van der Waals surface area contributed by atoms with Gasteiger partial charge < -0.3 is 33.9 Å². The fourth-order valence-electron chi connectivity index (χ4n) is 2.85. The zero-order chi connectivity index (χ0) is 19.0. The number of aliphatic hydroxyl groups excluding tert-OH is 3. The van der Waals surface area contributed by atoms with Gasteiger partial charge in [0.2, 0.25) is 12.2 Å². The topological polar surface area (TPSA) is 114 Å². The molecule has 3 aromatic rings. The predicted octanol–water partition coefficient (Wildman–Crippen LogP) is 1.32. The van der Waals surface area contributed by atoms with E-state index >= 15 is 0 Å². The van der Waals surface area contributed by atoms with Crippen molar-refractivity contribution in [2.45, 2.75) is 24.6 Å². The summed E-state index contributed by atoms with van der Waals surface area (Å²) in [6, 6.07) is 12.3. The quantitative estimate of drug-likeness (QED) is 0.627. The molecule has 1 fully saturated rings. The third-order valence-electron chi connectivity index (χ3n) is 4.40. The summed E-state index contributed by atoms with van der Waals surface area (Å²) in [7, 11) is 1.59. The van der Waals surface area contributed by atoms with Crippen molar-refractivity contribution in [2.75, 3.05) is 13.7 Å². The number of hydrogen-bond acceptors (Lipinski definition) is 8. The molecule has 0 aliphatic carbocycles. The summed E-state index contributed by atoms with van der Waals surface area (Å²) in [5, 5.41) is 29.1. The Morgan fingerprint density at radius 3 is 2.48 bits per heavy atom. The number of ether oxygens (including phenoxy) is 3. The van der Waals surface area contributed by atoms with Crippen molar-refractivity contribution in [2.24, 2.45) is 0 Å². The van der Waals surface area contributed by atoms with E-state index in [0.717, 1.165) is 5.56 Å². The van der Waals surface area contributed by atoms with Crippen LogP contribution >= 0.6 is 0 Å². The van der Waals surface area contributed by atoms with Crippen LogP contribution in [0.3, 0.4) is 0 Å². The second-order valence-electron chi connectivity index (χ2n) is 6.25. The number of methoxy groups -OCH3 is 1. The standard InChI is InChI=1S/C19H19NO7/c1-24-12-6-7-15-13(8-12)20-18(27-15)10-2-4-11(5-3-10)26-19-17(23)16(22)14(21)9-25-19/h2-8,14,16-17,19,21-23H,9H2,1H3/t14-,16-,17+,19-/m0/s1. The smallest absolute Gasteiger partial charge is 0.228 e. The van der Waals surface area contributed by atoms with E-state index in [0.29, 0.717) is 28.5 Å². The minimum atomic E-state index is -1.35. The molecule has 8 nitrogen and oxygen atoms in total. The number of oxazole rings is 1. The van der Waals surface area contributed by atoms with Gasteiger partial charge in [-0.2, -0.15) is 0 Å². The Morgan fingerprint density at radius 1 is 1.00 bits per heavy atom. The van der Waals surface area contributed by atoms with Crippen molar-refractivity contribution in [1.82, 2.24) is 4.98 Å². The van der Waals surface area contributed by atoms with Gasteiger partial charge in [-0.15, -0.1) is 0 Å². The highest BCUT2D eigenvalue weighted by atomic mass is 16.7. The van der Waals surface area contributed by atoms with Gasteiger partial charge in [-0.25, -0.2) is 4.98 Å². The van der Waals surface area contributed by atoms with Crippen LogP contribution in [-0.2, 0) is 4.74 Å². The van der Waals surface area contributed by atoms with E-state index in [1.54, 1.807) is 49.6 Å². The molecule has 1 aromatic heterocycles. The van der Waals surface area contributed by atoms with Crippen LogP contribution in [0, 0.1) is 0 Å². The summed E-state index contributed by atoms with van der Waals surface area (Å²) in [4.78, 5) is 4.45. The minimum Gasteiger partial charge on any atom is -0.497 e. The number of aliphatic hydroxyl groups is 3. The zero-order valence-corrected chi connectivity index (χ0v) is 14.5. The second-order valence-corrected chi connectivity index (χ2v) is 6.25. The SMILES string of the molecule is COc1ccc2oc(-c3ccc(O[C@@H]4OC[C@H](O)[C@H](O)[C@H]4O)cc3)nc2c1. The van der Waals surface area contributed by atoms with Crippen LogP contribution in [0.2, 0.25) is 0 Å². The Balaban J connectivity index is 1.50. The normalized spacial score (nSPS) is 25.5. The number of nitrogens with zero attached hydrogens (tertiary/aromatic N) is 1. The fourth-order valence-corrected chi connectivity index (χ4v) is 2.85. The first-order valence-corrected chi connectivity index (χ1v) is 8.42. The number of fused-ring (bicyclic) bond motifs is 1. The van der Waals surface area contributed by atoms with Crippen LogP contribution in [0.25, 0.3) is 22.6 Å². The molecule has 27 heavy (non-hydrogen) atoms. The molecular formula is C19H19NO7. The molecule has 142 valence electrons. The van der Waals surface area contributed by atoms with E-state index in [-0.39, 0.29) is 6.61 Å². The summed E-state index contributed by atoms with van der Waals surface area (Å²) in [6.07, 6.45) is -4.87. The van der Waals surface area contributed by atoms with E-state index < -0.39 is 24.6 Å². The lowest BCUT2D eigenvalue weighted by molar-refractivity contribution is -0.242. The van der Waals surface area contributed by atoms with Crippen LogP contribution in [0.5, 0.6) is 11.5 Å². The van der Waals surface area contributed by atoms with Gasteiger partial charge in [-0.1, -0.05) is 0 Å². The van der Waals surface area contributed by atoms with Gasteiger partial charge in [-0.05, 0) is 36.4 Å². The van der Waals surface area contributed by atoms with Crippen molar-refractivity contribution in [3.63, 3.8) is 0 Å². The average molecular weight is 373 g/mol. The molecule has 1 aliphatic heterocycles. The Kier molecular flexibility index (Phi) is 4.71. The highest BCUT2D eigenvalue weighted by Crippen LogP contribution is 2.29. The summed E-state index contributed by atoms with van der Waals surface area (Å²) in [5.41, 5.74) is 2.09. The third-order valence-corrected chi connectivity index (χ3v) is 4.40. The molecular weight excluding hydrogens is 354 g/mol. The van der Waals surface area contributed by atoms with Crippen molar-refractivity contribution in [3.05, 3.63) is 42.5 Å². The van der Waals surface area contributed by atoms with Gasteiger partial charge in [0.1, 0.15) is 35.3 Å². The zero-order valence-electron chi connectivity index (χ0n) is 14.5. The molecule has 2 heterocycles. The van der Waals surface area contributed by atoms with E-state index in [2.05, 4.69) is 4.98 Å². The predicted molar refractivity (Wildman–Crippen MR) is 94.4 cm³/mol. The molecule has 0 unspecified atom stereocenters. The molecule has 0 saturated carbocycles. The van der Waals surface area contributed by atoms with Gasteiger partial charge in [0.05, 0.1) is 13.7 Å². The van der Waals surface area contributed by atoms with E-state index in [1.807, 2.05) is 0 Å². The molecule has 0 amide bonds. The molecule has 1 aliphatic rings. The van der Waals surface area contributed by atoms with Gasteiger partial charge in [0.25, 0.3) is 0 Å². The molecule has 0 radical (unpaired) electrons. The largest absolute Gasteiger partial charge is 0.497 e. The lowest BCUT2D eigenvalue weighted by atomic mass is 10.1. The monoisotopic (exact) mass is 373 g/mol. The Labute approximate surface area is 154 Å². The highest BCUT2D eigenvalue weighted by Gasteiger charge is 2.38. The molecule has 4 atom stereocenters. The summed E-state index contributed by atoms with van der Waals surface area (Å²) < 4.78 is 21.7. The van der Waals surface area contributed by atoms with Crippen molar-refractivity contribution < 1.29 is 33.9 Å². The lowest BCUT2D eigenvalue weighted by Crippen LogP contribution is -2.54. The molecule has 3 N–H and O–H groups in total. The molecule has 2 aromatic carbocycles. The summed E-state index contributed by atoms with van der Waals surface area (Å²) in [6.45, 7) is -0.118. The van der Waals surface area contributed by atoms with E-state index in [9.17, 15) is 15.3 Å². The Bertz CT molecular complexity index is 923. The number of benzene rings is 2. The summed E-state index contributed by atoms with van der Waals surface area (Å²) in [5.74, 6) is 1.59. The van der Waals surface area contributed by atoms with Gasteiger partial charge in [0, 0.05) is 11.6 Å². The maximum atomic E-state index is 9.93. The Hall–Kier alpha value is -2.65. The molecule has 1 saturated heterocycles. The number of aromatic nitrogens is 1. The summed E-state index contributed by atoms with van der Waals surface area (Å²) >= 11 is 0. The lowest BCUT2D eigenvalue weighted by Gasteiger charge is -2.34. The second kappa shape index (κ2) is 7.16. The first-order chi connectivity index (χ1) is 13.0. The van der Waals surface area contributed by atoms with E-state index in [1.165, 1.54) is 0 Å². The minimum absolute atomic E-state index is 0.118. The maximum absolute atomic E-state index is 9.93. The van der Waals surface area contributed by atoms with E-state index in [4.69, 9.17) is 18.6 Å². The van der Waals surface area contributed by atoms with Gasteiger partial charge in [0.15, 0.2) is 5.58 Å². The first-order valence-electron chi connectivity index (χ1n) is 8.42.